The summed E-state index contributed by atoms with van der Waals surface area (Å²) >= 11 is 2.07. The fraction of sp³-hybridized carbons (Fsp3) is 0.455. The highest BCUT2D eigenvalue weighted by Crippen LogP contribution is 2.41. The number of nitrogens with two attached hydrogens (primary N) is 1. The fourth-order valence-electron chi connectivity index (χ4n) is 3.28. The van der Waals surface area contributed by atoms with Crippen LogP contribution in [-0.2, 0) is 33.5 Å². The van der Waals surface area contributed by atoms with Gasteiger partial charge in [0.2, 0.25) is 6.79 Å². The van der Waals surface area contributed by atoms with E-state index in [-0.39, 0.29) is 33.9 Å². The number of carbonyl (C=O) groups is 4. The van der Waals surface area contributed by atoms with Crippen molar-refractivity contribution in [1.82, 2.24) is 15.2 Å². The number of ether oxygens (including phenoxy) is 2. The van der Waals surface area contributed by atoms with Gasteiger partial charge in [0.25, 0.3) is 11.8 Å². The summed E-state index contributed by atoms with van der Waals surface area (Å²) in [5.41, 5.74) is 3.95. The van der Waals surface area contributed by atoms with Crippen LogP contribution in [0.15, 0.2) is 34.0 Å². The predicted octanol–water partition coefficient (Wildman–Crippen LogP) is 1.94. The minimum Gasteiger partial charge on any atom is -0.427 e. The molecule has 12 nitrogen and oxygen atoms in total. The van der Waals surface area contributed by atoms with Crippen LogP contribution < -0.4 is 11.1 Å². The highest BCUT2D eigenvalue weighted by atomic mass is 32.2. The van der Waals surface area contributed by atoms with Crippen LogP contribution in [0.25, 0.3) is 0 Å². The van der Waals surface area contributed by atoms with Gasteiger partial charge in [0.1, 0.15) is 29.9 Å². The average molecular weight is 592 g/mol. The van der Waals surface area contributed by atoms with E-state index in [1.807, 2.05) is 0 Å². The lowest BCUT2D eigenvalue weighted by atomic mass is 9.98. The van der Waals surface area contributed by atoms with Gasteiger partial charge in [-0.15, -0.1) is 23.1 Å². The van der Waals surface area contributed by atoms with Crippen LogP contribution in [0.1, 0.15) is 26.5 Å². The topological polar surface area (TPSA) is 163 Å². The Kier molecular flexibility index (Phi) is 8.94. The third-order valence-corrected chi connectivity index (χ3v) is 7.08. The van der Waals surface area contributed by atoms with Crippen molar-refractivity contribution in [2.24, 2.45) is 10.6 Å². The number of nitrogens with zero attached hydrogens (tertiary/aromatic N) is 3. The second kappa shape index (κ2) is 11.6. The molecule has 3 rings (SSSR count). The van der Waals surface area contributed by atoms with Gasteiger partial charge < -0.3 is 25.4 Å². The number of fused-ring (bicyclic) bond motifs is 1. The van der Waals surface area contributed by atoms with Crippen LogP contribution in [0, 0.1) is 5.41 Å². The smallest absolute Gasteiger partial charge is 0.409 e. The van der Waals surface area contributed by atoms with Crippen molar-refractivity contribution in [3.05, 3.63) is 34.5 Å². The lowest BCUT2D eigenvalue weighted by molar-refractivity contribution is -0.173. The predicted molar refractivity (Wildman–Crippen MR) is 134 cm³/mol. The number of thioether (sulfide) groups is 1. The van der Waals surface area contributed by atoms with Crippen molar-refractivity contribution in [1.29, 1.82) is 0 Å². The molecule has 2 aliphatic heterocycles. The summed E-state index contributed by atoms with van der Waals surface area (Å²) in [6.07, 6.45) is -4.10. The van der Waals surface area contributed by atoms with Crippen molar-refractivity contribution in [2.75, 3.05) is 25.4 Å². The average Bonchev–Trinajstić information content (AvgIpc) is 3.28. The summed E-state index contributed by atoms with van der Waals surface area (Å²) in [7, 11) is 1.20. The van der Waals surface area contributed by atoms with E-state index in [0.29, 0.717) is 6.08 Å². The zero-order valence-electron chi connectivity index (χ0n) is 21.0. The molecule has 0 spiro atoms. The van der Waals surface area contributed by atoms with E-state index >= 15 is 0 Å². The monoisotopic (exact) mass is 591 g/mol. The number of aromatic nitrogens is 1. The summed E-state index contributed by atoms with van der Waals surface area (Å²) in [5.74, 6) is -3.60. The number of hydrogen-bond donors (Lipinski definition) is 2. The number of oxime groups is 1. The standard InChI is InChI=1S/C22H24F3N5O7S2/c1-21(2,3)19(34)37-9-36-18(33)14-10(5-6-22(23,24)25)7-38-17-13(16(32)30(14)17)28-15(31)12(29-35-4)11-8-39-20(26)27-11/h5-6,8,13,17H,7,9H2,1-4H3,(H2,26,27)(H,28,31)/t13?,17-/m0/s1. The maximum atomic E-state index is 13.0. The molecule has 3 heterocycles. The molecular weight excluding hydrogens is 567 g/mol. The van der Waals surface area contributed by atoms with E-state index in [0.717, 1.165) is 28.0 Å². The zero-order valence-corrected chi connectivity index (χ0v) is 22.7. The molecule has 39 heavy (non-hydrogen) atoms. The Morgan fingerprint density at radius 3 is 2.54 bits per heavy atom. The first kappa shape index (κ1) is 29.9. The molecule has 0 radical (unpaired) electrons. The van der Waals surface area contributed by atoms with Crippen molar-refractivity contribution in [2.45, 2.75) is 38.4 Å². The van der Waals surface area contributed by atoms with Crippen LogP contribution in [0.5, 0.6) is 0 Å². The number of hydrogen-bond acceptors (Lipinski definition) is 12. The molecule has 1 aromatic rings. The SMILES string of the molecule is CON=C(C(=O)NC1C(=O)N2C(C(=O)OCOC(=O)C(C)(C)C)=C(C=CC(F)(F)F)CS[C@@H]12)c1csc(N)n1. The lowest BCUT2D eigenvalue weighted by Crippen LogP contribution is -2.71. The number of amides is 2. The molecule has 0 saturated carbocycles. The number of rotatable bonds is 8. The molecule has 0 bridgehead atoms. The van der Waals surface area contributed by atoms with Gasteiger partial charge >= 0.3 is 18.1 Å². The third-order valence-electron chi connectivity index (χ3n) is 5.11. The maximum absolute atomic E-state index is 13.0. The largest absolute Gasteiger partial charge is 0.427 e. The highest BCUT2D eigenvalue weighted by Gasteiger charge is 2.54. The third kappa shape index (κ3) is 7.08. The second-order valence-corrected chi connectivity index (χ2v) is 11.0. The maximum Gasteiger partial charge on any atom is 0.409 e. The normalized spacial score (nSPS) is 19.9. The first-order valence-corrected chi connectivity index (χ1v) is 13.0. The molecule has 1 aromatic heterocycles. The molecule has 3 N–H and O–H groups in total. The minimum absolute atomic E-state index is 0.0767. The zero-order chi connectivity index (χ0) is 29.1. The molecule has 2 amide bonds. The highest BCUT2D eigenvalue weighted by molar-refractivity contribution is 8.00. The Hall–Kier alpha value is -3.60. The van der Waals surface area contributed by atoms with E-state index in [2.05, 4.69) is 15.5 Å². The van der Waals surface area contributed by atoms with Gasteiger partial charge in [-0.3, -0.25) is 19.3 Å². The van der Waals surface area contributed by atoms with E-state index in [1.165, 1.54) is 12.5 Å². The molecule has 1 unspecified atom stereocenters. The number of carbonyl (C=O) groups excluding carboxylic acids is 4. The molecule has 1 saturated heterocycles. The van der Waals surface area contributed by atoms with Crippen LogP contribution in [0.4, 0.5) is 18.3 Å². The number of esters is 2. The minimum atomic E-state index is -4.68. The Morgan fingerprint density at radius 2 is 1.97 bits per heavy atom. The Labute approximate surface area is 228 Å². The number of thiazole rings is 1. The quantitative estimate of drug-likeness (QED) is 0.150. The van der Waals surface area contributed by atoms with Gasteiger partial charge in [0.05, 0.1) is 5.41 Å². The van der Waals surface area contributed by atoms with Crippen molar-refractivity contribution >= 4 is 57.7 Å². The molecule has 17 heteroatoms. The Morgan fingerprint density at radius 1 is 1.28 bits per heavy atom. The molecule has 2 atom stereocenters. The molecule has 1 fully saturated rings. The molecular formula is C22H24F3N5O7S2. The van der Waals surface area contributed by atoms with Gasteiger partial charge in [0.15, 0.2) is 10.8 Å². The number of β-lactam (4-membered cyclic amide) rings is 1. The van der Waals surface area contributed by atoms with E-state index in [9.17, 15) is 32.3 Å². The van der Waals surface area contributed by atoms with Crippen LogP contribution >= 0.6 is 23.1 Å². The summed E-state index contributed by atoms with van der Waals surface area (Å²) in [4.78, 5) is 60.3. The van der Waals surface area contributed by atoms with Gasteiger partial charge in [-0.05, 0) is 26.3 Å². The van der Waals surface area contributed by atoms with Gasteiger partial charge in [0, 0.05) is 17.2 Å². The Balaban J connectivity index is 1.81. The number of alkyl halides is 3. The number of halogens is 3. The fourth-order valence-corrected chi connectivity index (χ4v) is 5.14. The first-order valence-electron chi connectivity index (χ1n) is 11.1. The summed E-state index contributed by atoms with van der Waals surface area (Å²) in [5, 5.41) is 6.89. The van der Waals surface area contributed by atoms with Gasteiger partial charge in [-0.1, -0.05) is 11.2 Å². The van der Waals surface area contributed by atoms with Gasteiger partial charge in [-0.25, -0.2) is 9.78 Å². The number of anilines is 1. The van der Waals surface area contributed by atoms with Crippen LogP contribution in [-0.4, -0.2) is 76.6 Å². The van der Waals surface area contributed by atoms with Crippen molar-refractivity contribution in [3.8, 4) is 0 Å². The van der Waals surface area contributed by atoms with Gasteiger partial charge in [-0.2, -0.15) is 13.2 Å². The van der Waals surface area contributed by atoms with E-state index < -0.39 is 59.2 Å². The van der Waals surface area contributed by atoms with Crippen molar-refractivity contribution < 1.29 is 46.7 Å². The van der Waals surface area contributed by atoms with Crippen molar-refractivity contribution in [3.63, 3.8) is 0 Å². The van der Waals surface area contributed by atoms with Crippen LogP contribution in [0.2, 0.25) is 0 Å². The molecule has 2 aliphatic rings. The summed E-state index contributed by atoms with van der Waals surface area (Å²) in [6.45, 7) is 3.90. The number of allylic oxidation sites excluding steroid dienone is 2. The molecule has 0 aromatic carbocycles. The first-order chi connectivity index (χ1) is 18.1. The molecule has 0 aliphatic carbocycles. The second-order valence-electron chi connectivity index (χ2n) is 9.03. The number of nitrogen functional groups attached to an aromatic ring is 1. The van der Waals surface area contributed by atoms with E-state index in [1.54, 1.807) is 20.8 Å². The Bertz CT molecular complexity index is 1250. The summed E-state index contributed by atoms with van der Waals surface area (Å²) in [6, 6.07) is -1.16. The lowest BCUT2D eigenvalue weighted by Gasteiger charge is -2.49. The summed E-state index contributed by atoms with van der Waals surface area (Å²) < 4.78 is 48.4. The molecule has 212 valence electrons. The number of nitrogens with one attached hydrogen (secondary N) is 1. The van der Waals surface area contributed by atoms with Crippen LogP contribution in [0.3, 0.4) is 0 Å². The van der Waals surface area contributed by atoms with E-state index in [4.69, 9.17) is 20.0 Å².